The number of alkyl halides is 3. The molecule has 112 valence electrons. The molecule has 1 aromatic rings. The van der Waals surface area contributed by atoms with Gasteiger partial charge in [-0.1, -0.05) is 6.07 Å². The molecular formula is C14H18F3NO2. The smallest absolute Gasteiger partial charge is 0.419 e. The molecule has 20 heavy (non-hydrogen) atoms. The number of benzene rings is 1. The summed E-state index contributed by atoms with van der Waals surface area (Å²) in [4.78, 5) is 2.04. The first-order chi connectivity index (χ1) is 9.38. The lowest BCUT2D eigenvalue weighted by Gasteiger charge is -2.31. The summed E-state index contributed by atoms with van der Waals surface area (Å²) in [6.45, 7) is 1.81. The van der Waals surface area contributed by atoms with Crippen LogP contribution in [0.3, 0.4) is 0 Å². The molecule has 1 aliphatic heterocycles. The standard InChI is InChI=1S/C14H18F3NO2/c1-18(11-4-6-20-7-5-11)9-10-2-3-13(19)12(8-10)14(15,16)17/h2-3,8,11,19H,4-7,9H2,1H3. The van der Waals surface area contributed by atoms with Gasteiger partial charge in [0.05, 0.1) is 5.56 Å². The van der Waals surface area contributed by atoms with Crippen LogP contribution < -0.4 is 0 Å². The molecule has 1 heterocycles. The lowest BCUT2D eigenvalue weighted by molar-refractivity contribution is -0.138. The number of aromatic hydroxyl groups is 1. The van der Waals surface area contributed by atoms with Gasteiger partial charge >= 0.3 is 6.18 Å². The Labute approximate surface area is 116 Å². The van der Waals surface area contributed by atoms with Gasteiger partial charge in [0.15, 0.2) is 0 Å². The highest BCUT2D eigenvalue weighted by molar-refractivity contribution is 5.38. The topological polar surface area (TPSA) is 32.7 Å². The van der Waals surface area contributed by atoms with Crippen molar-refractivity contribution in [3.05, 3.63) is 29.3 Å². The number of phenolic OH excluding ortho intramolecular Hbond substituents is 1. The summed E-state index contributed by atoms with van der Waals surface area (Å²) in [6.07, 6.45) is -2.75. The van der Waals surface area contributed by atoms with E-state index in [1.54, 1.807) is 0 Å². The predicted octanol–water partition coefficient (Wildman–Crippen LogP) is 3.02. The molecule has 1 saturated heterocycles. The molecule has 0 aliphatic carbocycles. The maximum Gasteiger partial charge on any atom is 0.419 e. The number of rotatable bonds is 3. The van der Waals surface area contributed by atoms with Crippen LogP contribution in [0, 0.1) is 0 Å². The summed E-state index contributed by atoms with van der Waals surface area (Å²) < 4.78 is 43.5. The van der Waals surface area contributed by atoms with Gasteiger partial charge in [-0.25, -0.2) is 0 Å². The number of nitrogens with zero attached hydrogens (tertiary/aromatic N) is 1. The van der Waals surface area contributed by atoms with E-state index in [1.807, 2.05) is 11.9 Å². The number of halogens is 3. The van der Waals surface area contributed by atoms with Crippen LogP contribution in [-0.2, 0) is 17.5 Å². The van der Waals surface area contributed by atoms with Crippen LogP contribution in [0.25, 0.3) is 0 Å². The van der Waals surface area contributed by atoms with Crippen molar-refractivity contribution >= 4 is 0 Å². The van der Waals surface area contributed by atoms with Gasteiger partial charge in [-0.2, -0.15) is 13.2 Å². The number of ether oxygens (including phenoxy) is 1. The van der Waals surface area contributed by atoms with Gasteiger partial charge in [0.25, 0.3) is 0 Å². The fourth-order valence-electron chi connectivity index (χ4n) is 2.45. The fraction of sp³-hybridized carbons (Fsp3) is 0.571. The molecule has 0 saturated carbocycles. The van der Waals surface area contributed by atoms with Crippen LogP contribution in [-0.4, -0.2) is 36.3 Å². The first-order valence-corrected chi connectivity index (χ1v) is 6.55. The van der Waals surface area contributed by atoms with E-state index in [4.69, 9.17) is 4.74 Å². The third-order valence-electron chi connectivity index (χ3n) is 3.61. The van der Waals surface area contributed by atoms with E-state index in [1.165, 1.54) is 6.07 Å². The second kappa shape index (κ2) is 6.01. The number of hydrogen-bond donors (Lipinski definition) is 1. The zero-order valence-corrected chi connectivity index (χ0v) is 11.3. The van der Waals surface area contributed by atoms with Gasteiger partial charge in [-0.15, -0.1) is 0 Å². The molecule has 0 aromatic heterocycles. The van der Waals surface area contributed by atoms with Crippen molar-refractivity contribution in [2.75, 3.05) is 20.3 Å². The molecule has 0 bridgehead atoms. The third-order valence-corrected chi connectivity index (χ3v) is 3.61. The van der Waals surface area contributed by atoms with Crippen LogP contribution >= 0.6 is 0 Å². The summed E-state index contributed by atoms with van der Waals surface area (Å²) in [6, 6.07) is 3.98. The minimum absolute atomic E-state index is 0.326. The average molecular weight is 289 g/mol. The average Bonchev–Trinajstić information content (AvgIpc) is 2.40. The minimum atomic E-state index is -4.53. The van der Waals surface area contributed by atoms with E-state index in [2.05, 4.69) is 0 Å². The monoisotopic (exact) mass is 289 g/mol. The maximum absolute atomic E-state index is 12.7. The third kappa shape index (κ3) is 3.64. The van der Waals surface area contributed by atoms with Crippen molar-refractivity contribution in [1.82, 2.24) is 4.90 Å². The van der Waals surface area contributed by atoms with E-state index in [0.29, 0.717) is 31.4 Å². The van der Waals surface area contributed by atoms with Crippen LogP contribution in [0.15, 0.2) is 18.2 Å². The lowest BCUT2D eigenvalue weighted by Crippen LogP contribution is -2.36. The van der Waals surface area contributed by atoms with Gasteiger partial charge in [-0.05, 0) is 37.6 Å². The first kappa shape index (κ1) is 15.1. The second-order valence-corrected chi connectivity index (χ2v) is 5.11. The Hall–Kier alpha value is -1.27. The second-order valence-electron chi connectivity index (χ2n) is 5.11. The van der Waals surface area contributed by atoms with E-state index in [-0.39, 0.29) is 0 Å². The molecule has 1 aromatic carbocycles. The van der Waals surface area contributed by atoms with E-state index >= 15 is 0 Å². The Morgan fingerprint density at radius 2 is 1.95 bits per heavy atom. The summed E-state index contributed by atoms with van der Waals surface area (Å²) in [5.41, 5.74) is -0.431. The molecule has 3 nitrogen and oxygen atoms in total. The lowest BCUT2D eigenvalue weighted by atomic mass is 10.1. The molecule has 2 rings (SSSR count). The SMILES string of the molecule is CN(Cc1ccc(O)c(C(F)(F)F)c1)C1CCOCC1. The highest BCUT2D eigenvalue weighted by Gasteiger charge is 2.34. The van der Waals surface area contributed by atoms with Gasteiger partial charge in [0.2, 0.25) is 0 Å². The Bertz CT molecular complexity index is 456. The molecule has 0 amide bonds. The largest absolute Gasteiger partial charge is 0.507 e. The highest BCUT2D eigenvalue weighted by atomic mass is 19.4. The molecule has 6 heteroatoms. The van der Waals surface area contributed by atoms with Crippen LogP contribution in [0.4, 0.5) is 13.2 Å². The molecule has 0 radical (unpaired) electrons. The van der Waals surface area contributed by atoms with Gasteiger partial charge in [0, 0.05) is 25.8 Å². The van der Waals surface area contributed by atoms with Crippen molar-refractivity contribution in [3.63, 3.8) is 0 Å². The highest BCUT2D eigenvalue weighted by Crippen LogP contribution is 2.36. The fourth-order valence-corrected chi connectivity index (χ4v) is 2.45. The van der Waals surface area contributed by atoms with E-state index < -0.39 is 17.5 Å². The van der Waals surface area contributed by atoms with E-state index in [0.717, 1.165) is 25.0 Å². The van der Waals surface area contributed by atoms with Crippen molar-refractivity contribution in [3.8, 4) is 5.75 Å². The Morgan fingerprint density at radius 3 is 2.55 bits per heavy atom. The quantitative estimate of drug-likeness (QED) is 0.928. The molecule has 0 spiro atoms. The summed E-state index contributed by atoms with van der Waals surface area (Å²) in [7, 11) is 1.90. The van der Waals surface area contributed by atoms with Gasteiger partial charge in [-0.3, -0.25) is 4.90 Å². The normalized spacial score (nSPS) is 17.6. The molecular weight excluding hydrogens is 271 g/mol. The summed E-state index contributed by atoms with van der Waals surface area (Å²) in [5, 5.41) is 9.30. The Morgan fingerprint density at radius 1 is 1.30 bits per heavy atom. The summed E-state index contributed by atoms with van der Waals surface area (Å²) in [5.74, 6) is -0.727. The van der Waals surface area contributed by atoms with Crippen molar-refractivity contribution in [2.24, 2.45) is 0 Å². The van der Waals surface area contributed by atoms with Crippen molar-refractivity contribution < 1.29 is 23.0 Å². The van der Waals surface area contributed by atoms with E-state index in [9.17, 15) is 18.3 Å². The molecule has 1 N–H and O–H groups in total. The van der Waals surface area contributed by atoms with Crippen LogP contribution in [0.5, 0.6) is 5.75 Å². The minimum Gasteiger partial charge on any atom is -0.507 e. The zero-order chi connectivity index (χ0) is 14.8. The maximum atomic E-state index is 12.7. The Balaban J connectivity index is 2.09. The molecule has 1 aliphatic rings. The van der Waals surface area contributed by atoms with Crippen LogP contribution in [0.2, 0.25) is 0 Å². The van der Waals surface area contributed by atoms with Crippen molar-refractivity contribution in [1.29, 1.82) is 0 Å². The zero-order valence-electron chi connectivity index (χ0n) is 11.3. The molecule has 0 unspecified atom stereocenters. The molecule has 0 atom stereocenters. The number of hydrogen-bond acceptors (Lipinski definition) is 3. The van der Waals surface area contributed by atoms with Gasteiger partial charge in [0.1, 0.15) is 5.75 Å². The number of phenols is 1. The van der Waals surface area contributed by atoms with Crippen LogP contribution in [0.1, 0.15) is 24.0 Å². The van der Waals surface area contributed by atoms with Crippen molar-refractivity contribution in [2.45, 2.75) is 31.6 Å². The Kier molecular flexibility index (Phi) is 4.55. The van der Waals surface area contributed by atoms with Gasteiger partial charge < -0.3 is 9.84 Å². The first-order valence-electron chi connectivity index (χ1n) is 6.55. The summed E-state index contributed by atoms with van der Waals surface area (Å²) >= 11 is 0. The predicted molar refractivity (Wildman–Crippen MR) is 68.4 cm³/mol. The molecule has 1 fully saturated rings.